The zero-order valence-corrected chi connectivity index (χ0v) is 8.27. The summed E-state index contributed by atoms with van der Waals surface area (Å²) in [6, 6.07) is 5.45. The molecule has 3 heteroatoms. The summed E-state index contributed by atoms with van der Waals surface area (Å²) in [5, 5.41) is 8.64. The second kappa shape index (κ2) is 4.28. The first kappa shape index (κ1) is 9.93. The van der Waals surface area contributed by atoms with Gasteiger partial charge in [0.05, 0.1) is 18.8 Å². The van der Waals surface area contributed by atoms with Gasteiger partial charge in [-0.15, -0.1) is 0 Å². The maximum atomic E-state index is 11.6. The van der Waals surface area contributed by atoms with Crippen LogP contribution in [0.2, 0.25) is 0 Å². The van der Waals surface area contributed by atoms with Gasteiger partial charge in [0.15, 0.2) is 5.78 Å². The highest BCUT2D eigenvalue weighted by atomic mass is 16.5. The molecule has 0 atom stereocenters. The fourth-order valence-electron chi connectivity index (χ4n) is 1.57. The van der Waals surface area contributed by atoms with Crippen molar-refractivity contribution in [2.75, 3.05) is 13.2 Å². The summed E-state index contributed by atoms with van der Waals surface area (Å²) in [5.74, 6) is 0.780. The molecule has 1 N–H and O–H groups in total. The molecule has 0 aliphatic carbocycles. The first-order chi connectivity index (χ1) is 7.31. The third-order valence-corrected chi connectivity index (χ3v) is 2.31. The molecule has 0 amide bonds. The maximum Gasteiger partial charge on any atom is 0.170 e. The number of ether oxygens (including phenoxy) is 1. The first-order valence-corrected chi connectivity index (χ1v) is 4.88. The van der Waals surface area contributed by atoms with Crippen molar-refractivity contribution < 1.29 is 14.6 Å². The molecular formula is C12H12O3. The van der Waals surface area contributed by atoms with E-state index < -0.39 is 0 Å². The number of aliphatic hydroxyl groups excluding tert-OH is 1. The quantitative estimate of drug-likeness (QED) is 0.796. The number of carbonyl (C=O) groups is 1. The van der Waals surface area contributed by atoms with Crippen molar-refractivity contribution in [3.05, 3.63) is 35.4 Å². The first-order valence-electron chi connectivity index (χ1n) is 4.88. The highest BCUT2D eigenvalue weighted by Gasteiger charge is 2.17. The molecular weight excluding hydrogens is 192 g/mol. The van der Waals surface area contributed by atoms with E-state index in [0.29, 0.717) is 24.3 Å². The minimum atomic E-state index is 0.00152. The van der Waals surface area contributed by atoms with Gasteiger partial charge < -0.3 is 9.84 Å². The molecule has 1 aromatic carbocycles. The average Bonchev–Trinajstić information content (AvgIpc) is 2.27. The molecule has 0 unspecified atom stereocenters. The number of rotatable bonds is 2. The SMILES string of the molecule is O=C1CCOc2ccc(C=CCO)cc21. The predicted molar refractivity (Wildman–Crippen MR) is 57.0 cm³/mol. The normalized spacial score (nSPS) is 15.1. The largest absolute Gasteiger partial charge is 0.492 e. The lowest BCUT2D eigenvalue weighted by Crippen LogP contribution is -2.15. The van der Waals surface area contributed by atoms with E-state index in [1.165, 1.54) is 0 Å². The van der Waals surface area contributed by atoms with Gasteiger partial charge in [-0.3, -0.25) is 4.79 Å². The summed E-state index contributed by atoms with van der Waals surface area (Å²) >= 11 is 0. The zero-order valence-electron chi connectivity index (χ0n) is 8.27. The van der Waals surface area contributed by atoms with Crippen LogP contribution in [0.4, 0.5) is 0 Å². The van der Waals surface area contributed by atoms with Crippen molar-refractivity contribution >= 4 is 11.9 Å². The summed E-state index contributed by atoms with van der Waals surface area (Å²) in [5.41, 5.74) is 1.54. The summed E-state index contributed by atoms with van der Waals surface area (Å²) < 4.78 is 5.36. The average molecular weight is 204 g/mol. The lowest BCUT2D eigenvalue weighted by atomic mass is 10.0. The molecule has 0 saturated carbocycles. The molecule has 0 fully saturated rings. The highest BCUT2D eigenvalue weighted by Crippen LogP contribution is 2.25. The molecule has 0 radical (unpaired) electrons. The van der Waals surface area contributed by atoms with Gasteiger partial charge in [-0.1, -0.05) is 18.2 Å². The second-order valence-corrected chi connectivity index (χ2v) is 3.36. The van der Waals surface area contributed by atoms with Gasteiger partial charge in [0.2, 0.25) is 0 Å². The van der Waals surface area contributed by atoms with Crippen LogP contribution < -0.4 is 4.74 Å². The van der Waals surface area contributed by atoms with Crippen molar-refractivity contribution in [3.8, 4) is 5.75 Å². The van der Waals surface area contributed by atoms with Gasteiger partial charge in [0.25, 0.3) is 0 Å². The topological polar surface area (TPSA) is 46.5 Å². The van der Waals surface area contributed by atoms with Gasteiger partial charge in [-0.2, -0.15) is 0 Å². The summed E-state index contributed by atoms with van der Waals surface area (Å²) in [4.78, 5) is 11.6. The Balaban J connectivity index is 2.35. The Kier molecular flexibility index (Phi) is 2.83. The van der Waals surface area contributed by atoms with Crippen LogP contribution in [0.3, 0.4) is 0 Å². The minimum absolute atomic E-state index is 0.00152. The Morgan fingerprint density at radius 1 is 1.47 bits per heavy atom. The van der Waals surface area contributed by atoms with Crippen LogP contribution in [-0.2, 0) is 0 Å². The van der Waals surface area contributed by atoms with E-state index in [1.807, 2.05) is 6.07 Å². The Labute approximate surface area is 88.0 Å². The molecule has 2 rings (SSSR count). The van der Waals surface area contributed by atoms with Crippen LogP contribution >= 0.6 is 0 Å². The van der Waals surface area contributed by atoms with Crippen molar-refractivity contribution in [3.63, 3.8) is 0 Å². The lowest BCUT2D eigenvalue weighted by Gasteiger charge is -2.16. The minimum Gasteiger partial charge on any atom is -0.492 e. The summed E-state index contributed by atoms with van der Waals surface area (Å²) in [6.07, 6.45) is 3.86. The van der Waals surface area contributed by atoms with Crippen LogP contribution in [0.5, 0.6) is 5.75 Å². The Bertz CT molecular complexity index is 407. The Morgan fingerprint density at radius 2 is 2.33 bits per heavy atom. The fraction of sp³-hybridized carbons (Fsp3) is 0.250. The van der Waals surface area contributed by atoms with Crippen molar-refractivity contribution in [1.29, 1.82) is 0 Å². The molecule has 3 nitrogen and oxygen atoms in total. The Hall–Kier alpha value is -1.61. The molecule has 1 aliphatic heterocycles. The zero-order chi connectivity index (χ0) is 10.7. The third-order valence-electron chi connectivity index (χ3n) is 2.31. The monoisotopic (exact) mass is 204 g/mol. The van der Waals surface area contributed by atoms with E-state index in [4.69, 9.17) is 9.84 Å². The van der Waals surface area contributed by atoms with Crippen LogP contribution in [0.25, 0.3) is 6.08 Å². The highest BCUT2D eigenvalue weighted by molar-refractivity contribution is 6.00. The fourth-order valence-corrected chi connectivity index (χ4v) is 1.57. The van der Waals surface area contributed by atoms with E-state index in [0.717, 1.165) is 5.56 Å². The molecule has 0 bridgehead atoms. The number of ketones is 1. The number of fused-ring (bicyclic) bond motifs is 1. The number of Topliss-reactive ketones (excluding diaryl/α,β-unsaturated/α-hetero) is 1. The lowest BCUT2D eigenvalue weighted by molar-refractivity contribution is 0.0933. The molecule has 78 valence electrons. The molecule has 1 aromatic rings. The van der Waals surface area contributed by atoms with Gasteiger partial charge in [-0.25, -0.2) is 0 Å². The van der Waals surface area contributed by atoms with Gasteiger partial charge in [-0.05, 0) is 17.7 Å². The molecule has 0 aromatic heterocycles. The maximum absolute atomic E-state index is 11.6. The number of aliphatic hydroxyl groups is 1. The van der Waals surface area contributed by atoms with Crippen LogP contribution in [-0.4, -0.2) is 24.1 Å². The molecule has 0 spiro atoms. The number of carbonyl (C=O) groups excluding carboxylic acids is 1. The number of benzene rings is 1. The molecule has 1 aliphatic rings. The predicted octanol–water partition coefficient (Wildman–Crippen LogP) is 1.66. The Morgan fingerprint density at radius 3 is 3.13 bits per heavy atom. The van der Waals surface area contributed by atoms with E-state index >= 15 is 0 Å². The number of hydrogen-bond donors (Lipinski definition) is 1. The third kappa shape index (κ3) is 2.07. The standard InChI is InChI=1S/C12H12O3/c13-6-1-2-9-3-4-12-10(8-9)11(14)5-7-15-12/h1-4,8,13H,5-7H2. The van der Waals surface area contributed by atoms with E-state index in [2.05, 4.69) is 0 Å². The van der Waals surface area contributed by atoms with Crippen LogP contribution in [0.1, 0.15) is 22.3 Å². The molecule has 0 saturated heterocycles. The van der Waals surface area contributed by atoms with E-state index in [9.17, 15) is 4.79 Å². The summed E-state index contributed by atoms with van der Waals surface area (Å²) in [7, 11) is 0. The summed E-state index contributed by atoms with van der Waals surface area (Å²) in [6.45, 7) is 0.471. The second-order valence-electron chi connectivity index (χ2n) is 3.36. The van der Waals surface area contributed by atoms with Gasteiger partial charge in [0.1, 0.15) is 5.75 Å². The molecule has 15 heavy (non-hydrogen) atoms. The molecule has 1 heterocycles. The number of hydrogen-bond acceptors (Lipinski definition) is 3. The van der Waals surface area contributed by atoms with Crippen molar-refractivity contribution in [2.24, 2.45) is 0 Å². The van der Waals surface area contributed by atoms with Crippen LogP contribution in [0.15, 0.2) is 24.3 Å². The van der Waals surface area contributed by atoms with Gasteiger partial charge >= 0.3 is 0 Å². The van der Waals surface area contributed by atoms with Crippen molar-refractivity contribution in [1.82, 2.24) is 0 Å². The smallest absolute Gasteiger partial charge is 0.170 e. The van der Waals surface area contributed by atoms with E-state index in [1.54, 1.807) is 24.3 Å². The van der Waals surface area contributed by atoms with Crippen LogP contribution in [0, 0.1) is 0 Å². The van der Waals surface area contributed by atoms with Gasteiger partial charge in [0, 0.05) is 6.42 Å². The van der Waals surface area contributed by atoms with E-state index in [-0.39, 0.29) is 12.4 Å². The van der Waals surface area contributed by atoms with Crippen molar-refractivity contribution in [2.45, 2.75) is 6.42 Å².